The molecule has 1 aliphatic heterocycles. The number of nitrogens with two attached hydrogens (primary N) is 2. The first-order valence-corrected chi connectivity index (χ1v) is 6.19. The lowest BCUT2D eigenvalue weighted by molar-refractivity contribution is 0.151. The van der Waals surface area contributed by atoms with E-state index in [4.69, 9.17) is 16.7 Å². The minimum absolute atomic E-state index is 0.0122. The molecule has 1 aromatic carbocycles. The fourth-order valence-electron chi connectivity index (χ4n) is 2.37. The second-order valence-corrected chi connectivity index (χ2v) is 5.50. The number of halogens is 2. The number of benzene rings is 1. The van der Waals surface area contributed by atoms with Gasteiger partial charge in [-0.3, -0.25) is 4.99 Å². The van der Waals surface area contributed by atoms with Gasteiger partial charge in [0.25, 0.3) is 0 Å². The van der Waals surface area contributed by atoms with Gasteiger partial charge in [-0.15, -0.1) is 0 Å². The summed E-state index contributed by atoms with van der Waals surface area (Å²) >= 11 is 0. The fraction of sp³-hybridized carbons (Fsp3) is 0.429. The average Bonchev–Trinajstić information content (AvgIpc) is 2.39. The lowest BCUT2D eigenvalue weighted by atomic mass is 9.73. The summed E-state index contributed by atoms with van der Waals surface area (Å²) in [6, 6.07) is 5.88. The molecule has 1 aliphatic rings. The maximum absolute atomic E-state index is 14.6. The first-order valence-electron chi connectivity index (χ1n) is 6.19. The Kier molecular flexibility index (Phi) is 3.17. The van der Waals surface area contributed by atoms with Crippen LogP contribution in [0.1, 0.15) is 25.8 Å². The van der Waals surface area contributed by atoms with Crippen LogP contribution >= 0.6 is 0 Å². The zero-order chi connectivity index (χ0) is 15.1. The van der Waals surface area contributed by atoms with Crippen LogP contribution < -0.4 is 11.5 Å². The Balaban J connectivity index is 2.61. The molecule has 2 rings (SSSR count). The van der Waals surface area contributed by atoms with Crippen LogP contribution in [0.2, 0.25) is 0 Å². The average molecular weight is 278 g/mol. The van der Waals surface area contributed by atoms with Crippen LogP contribution in [-0.4, -0.2) is 12.0 Å². The summed E-state index contributed by atoms with van der Waals surface area (Å²) < 4.78 is 28.5. The normalized spacial score (nSPS) is 33.4. The standard InChI is InChI=1S/C14H16F2N4/c1-13(7-17)6-11(16)14(2,20-12(13)19)9-5-8(18)3-4-10(9)15/h3-5,11H,6,18H2,1-2H3,(H2,19,20)/t11?,13?,14-/m1/s1. The van der Waals surface area contributed by atoms with Crippen LogP contribution in [0.3, 0.4) is 0 Å². The first kappa shape index (κ1) is 14.3. The fourth-order valence-corrected chi connectivity index (χ4v) is 2.37. The van der Waals surface area contributed by atoms with E-state index in [0.717, 1.165) is 0 Å². The van der Waals surface area contributed by atoms with Gasteiger partial charge >= 0.3 is 0 Å². The van der Waals surface area contributed by atoms with Crippen molar-refractivity contribution in [3.05, 3.63) is 29.6 Å². The van der Waals surface area contributed by atoms with E-state index in [1.807, 2.05) is 6.07 Å². The highest BCUT2D eigenvalue weighted by molar-refractivity contribution is 5.90. The number of hydrogen-bond donors (Lipinski definition) is 2. The van der Waals surface area contributed by atoms with E-state index in [1.165, 1.54) is 32.0 Å². The Hall–Kier alpha value is -2.16. The summed E-state index contributed by atoms with van der Waals surface area (Å²) in [5, 5.41) is 9.11. The van der Waals surface area contributed by atoms with Gasteiger partial charge in [0.2, 0.25) is 0 Å². The van der Waals surface area contributed by atoms with Gasteiger partial charge in [-0.2, -0.15) is 5.26 Å². The molecule has 1 heterocycles. The SMILES string of the molecule is CC1(C#N)CC(F)[C@@](C)(c2cc(N)ccc2F)N=C1N. The van der Waals surface area contributed by atoms with Gasteiger partial charge in [-0.05, 0) is 32.0 Å². The number of nitriles is 1. The van der Waals surface area contributed by atoms with Gasteiger partial charge in [0.15, 0.2) is 0 Å². The van der Waals surface area contributed by atoms with Gasteiger partial charge < -0.3 is 11.5 Å². The van der Waals surface area contributed by atoms with Crippen molar-refractivity contribution >= 4 is 11.5 Å². The third kappa shape index (κ3) is 1.99. The van der Waals surface area contributed by atoms with Crippen molar-refractivity contribution in [3.63, 3.8) is 0 Å². The van der Waals surface area contributed by atoms with Crippen LogP contribution in [-0.2, 0) is 5.54 Å². The van der Waals surface area contributed by atoms with Crippen LogP contribution in [0.5, 0.6) is 0 Å². The Morgan fingerprint density at radius 1 is 1.40 bits per heavy atom. The van der Waals surface area contributed by atoms with Crippen molar-refractivity contribution < 1.29 is 8.78 Å². The van der Waals surface area contributed by atoms with Gasteiger partial charge in [0.05, 0.1) is 6.07 Å². The van der Waals surface area contributed by atoms with Gasteiger partial charge in [0.1, 0.15) is 28.8 Å². The number of alkyl halides is 1. The minimum atomic E-state index is -1.53. The Morgan fingerprint density at radius 2 is 2.05 bits per heavy atom. The van der Waals surface area contributed by atoms with E-state index in [9.17, 15) is 8.78 Å². The van der Waals surface area contributed by atoms with E-state index >= 15 is 0 Å². The van der Waals surface area contributed by atoms with Crippen LogP contribution in [0.25, 0.3) is 0 Å². The van der Waals surface area contributed by atoms with E-state index in [1.54, 1.807) is 0 Å². The minimum Gasteiger partial charge on any atom is -0.399 e. The number of amidine groups is 1. The Labute approximate surface area is 116 Å². The molecule has 0 aliphatic carbocycles. The summed E-state index contributed by atoms with van der Waals surface area (Å²) in [4.78, 5) is 4.09. The Bertz CT molecular complexity index is 622. The molecule has 0 fully saturated rings. The molecule has 0 bridgehead atoms. The third-order valence-corrected chi connectivity index (χ3v) is 3.90. The lowest BCUT2D eigenvalue weighted by Crippen LogP contribution is -2.48. The zero-order valence-electron chi connectivity index (χ0n) is 11.3. The molecule has 106 valence electrons. The predicted molar refractivity (Wildman–Crippen MR) is 73.0 cm³/mol. The molecule has 20 heavy (non-hydrogen) atoms. The quantitative estimate of drug-likeness (QED) is 0.772. The van der Waals surface area contributed by atoms with Crippen LogP contribution in [0.15, 0.2) is 23.2 Å². The van der Waals surface area contributed by atoms with Crippen molar-refractivity contribution in [2.75, 3.05) is 5.73 Å². The monoisotopic (exact) mass is 278 g/mol. The summed E-state index contributed by atoms with van der Waals surface area (Å²) in [7, 11) is 0. The lowest BCUT2D eigenvalue weighted by Gasteiger charge is -2.39. The second-order valence-electron chi connectivity index (χ2n) is 5.50. The van der Waals surface area contributed by atoms with Crippen LogP contribution in [0.4, 0.5) is 14.5 Å². The number of anilines is 1. The highest BCUT2D eigenvalue weighted by Crippen LogP contribution is 2.43. The van der Waals surface area contributed by atoms with Gasteiger partial charge in [-0.1, -0.05) is 0 Å². The molecule has 0 aromatic heterocycles. The molecule has 4 nitrogen and oxygen atoms in total. The molecule has 4 N–H and O–H groups in total. The van der Waals surface area contributed by atoms with Crippen molar-refractivity contribution in [1.29, 1.82) is 5.26 Å². The van der Waals surface area contributed by atoms with E-state index < -0.39 is 22.9 Å². The highest BCUT2D eigenvalue weighted by atomic mass is 19.1. The van der Waals surface area contributed by atoms with Crippen LogP contribution in [0, 0.1) is 22.6 Å². The first-order chi connectivity index (χ1) is 9.23. The zero-order valence-corrected chi connectivity index (χ0v) is 11.3. The van der Waals surface area contributed by atoms with Crippen molar-refractivity contribution in [2.45, 2.75) is 32.0 Å². The molecule has 0 saturated carbocycles. The van der Waals surface area contributed by atoms with Crippen molar-refractivity contribution in [3.8, 4) is 6.07 Å². The summed E-state index contributed by atoms with van der Waals surface area (Å²) in [5.41, 5.74) is 9.15. The summed E-state index contributed by atoms with van der Waals surface area (Å²) in [6.07, 6.45) is -1.67. The summed E-state index contributed by atoms with van der Waals surface area (Å²) in [6.45, 7) is 2.98. The molecule has 0 saturated heterocycles. The number of rotatable bonds is 1. The predicted octanol–water partition coefficient (Wildman–Crippen LogP) is 2.25. The molecule has 1 aromatic rings. The van der Waals surface area contributed by atoms with E-state index in [2.05, 4.69) is 4.99 Å². The molecule has 0 spiro atoms. The third-order valence-electron chi connectivity index (χ3n) is 3.90. The van der Waals surface area contributed by atoms with Gasteiger partial charge in [-0.25, -0.2) is 8.78 Å². The highest BCUT2D eigenvalue weighted by Gasteiger charge is 2.49. The number of aliphatic imine (C=N–C) groups is 1. The van der Waals surface area contributed by atoms with E-state index in [-0.39, 0.29) is 17.8 Å². The largest absolute Gasteiger partial charge is 0.399 e. The number of nitrogens with zero attached hydrogens (tertiary/aromatic N) is 2. The van der Waals surface area contributed by atoms with E-state index in [0.29, 0.717) is 5.69 Å². The molecule has 3 atom stereocenters. The number of nitrogen functional groups attached to an aromatic ring is 1. The molecule has 2 unspecified atom stereocenters. The maximum Gasteiger partial charge on any atom is 0.131 e. The number of hydrogen-bond acceptors (Lipinski definition) is 4. The maximum atomic E-state index is 14.6. The van der Waals surface area contributed by atoms with Crippen molar-refractivity contribution in [2.24, 2.45) is 16.1 Å². The molecule has 0 radical (unpaired) electrons. The molecule has 0 amide bonds. The Morgan fingerprint density at radius 3 is 2.65 bits per heavy atom. The molecular weight excluding hydrogens is 262 g/mol. The smallest absolute Gasteiger partial charge is 0.131 e. The van der Waals surface area contributed by atoms with Gasteiger partial charge in [0, 0.05) is 17.7 Å². The summed E-state index contributed by atoms with van der Waals surface area (Å²) in [5.74, 6) is -0.584. The molecule has 6 heteroatoms. The molecular formula is C14H16F2N4. The van der Waals surface area contributed by atoms with Crippen molar-refractivity contribution in [1.82, 2.24) is 0 Å². The topological polar surface area (TPSA) is 88.2 Å². The second kappa shape index (κ2) is 4.44.